The van der Waals surface area contributed by atoms with E-state index in [1.807, 2.05) is 32.2 Å². The lowest BCUT2D eigenvalue weighted by atomic mass is 10.1. The van der Waals surface area contributed by atoms with Gasteiger partial charge in [-0.25, -0.2) is 0 Å². The molecule has 0 saturated carbocycles. The number of aryl methyl sites for hydroxylation is 1. The van der Waals surface area contributed by atoms with Gasteiger partial charge >= 0.3 is 0 Å². The number of hydrogen-bond acceptors (Lipinski definition) is 3. The molecule has 0 radical (unpaired) electrons. The minimum Gasteiger partial charge on any atom is -0.491 e. The van der Waals surface area contributed by atoms with Crippen LogP contribution in [0.15, 0.2) is 23.2 Å². The van der Waals surface area contributed by atoms with Crippen LogP contribution in [0.1, 0.15) is 25.0 Å². The van der Waals surface area contributed by atoms with Crippen molar-refractivity contribution in [3.8, 4) is 11.9 Å². The Labute approximate surface area is 108 Å². The van der Waals surface area contributed by atoms with E-state index in [9.17, 15) is 0 Å². The lowest BCUT2D eigenvalue weighted by molar-refractivity contribution is 0.295. The molecule has 1 N–H and O–H groups in total. The van der Waals surface area contributed by atoms with Gasteiger partial charge in [0.2, 0.25) is 0 Å². The molecule has 1 rings (SSSR count). The molecule has 1 aromatic carbocycles. The first-order chi connectivity index (χ1) is 8.54. The van der Waals surface area contributed by atoms with Gasteiger partial charge in [0.15, 0.2) is 6.19 Å². The molecule has 0 bridgehead atoms. The van der Waals surface area contributed by atoms with Gasteiger partial charge < -0.3 is 4.74 Å². The zero-order chi connectivity index (χ0) is 13.5. The van der Waals surface area contributed by atoms with Gasteiger partial charge in [-0.1, -0.05) is 12.1 Å². The van der Waals surface area contributed by atoms with Crippen LogP contribution in [-0.2, 0) is 0 Å². The molecule has 96 valence electrons. The van der Waals surface area contributed by atoms with Gasteiger partial charge in [0.1, 0.15) is 18.2 Å². The van der Waals surface area contributed by atoms with Crippen LogP contribution in [0.5, 0.6) is 5.75 Å². The standard InChI is InChI=1S/C14H19N3O/c1-10-6-5-7-14(12(10)3)18-8-11(2)17-13(4)16-9-15/h5-7,11H,8H2,1-4H3,(H,16,17)/t11-/m0/s1. The maximum atomic E-state index is 8.45. The van der Waals surface area contributed by atoms with Crippen LogP contribution in [0.3, 0.4) is 0 Å². The molecule has 0 amide bonds. The zero-order valence-electron chi connectivity index (χ0n) is 11.3. The van der Waals surface area contributed by atoms with E-state index >= 15 is 0 Å². The van der Waals surface area contributed by atoms with Crippen molar-refractivity contribution >= 4 is 5.84 Å². The first kappa shape index (κ1) is 14.0. The summed E-state index contributed by atoms with van der Waals surface area (Å²) in [6, 6.07) is 6.00. The largest absolute Gasteiger partial charge is 0.491 e. The third kappa shape index (κ3) is 4.10. The maximum Gasteiger partial charge on any atom is 0.182 e. The number of nitrogens with zero attached hydrogens (tertiary/aromatic N) is 2. The predicted octanol–water partition coefficient (Wildman–Crippen LogP) is 2.56. The van der Waals surface area contributed by atoms with Crippen LogP contribution in [0.4, 0.5) is 0 Å². The molecule has 18 heavy (non-hydrogen) atoms. The maximum absolute atomic E-state index is 8.45. The Morgan fingerprint density at radius 3 is 2.89 bits per heavy atom. The van der Waals surface area contributed by atoms with Crippen molar-refractivity contribution in [2.75, 3.05) is 6.61 Å². The minimum absolute atomic E-state index is 0.00534. The second-order valence-electron chi connectivity index (χ2n) is 4.31. The highest BCUT2D eigenvalue weighted by Gasteiger charge is 2.05. The first-order valence-electron chi connectivity index (χ1n) is 5.93. The highest BCUT2D eigenvalue weighted by atomic mass is 16.5. The number of ether oxygens (including phenoxy) is 1. The van der Waals surface area contributed by atoms with Crippen LogP contribution in [-0.4, -0.2) is 18.5 Å². The summed E-state index contributed by atoms with van der Waals surface area (Å²) in [6.07, 6.45) is 1.84. The number of aliphatic imine (C=N–C) groups is 1. The molecule has 1 atom stereocenters. The summed E-state index contributed by atoms with van der Waals surface area (Å²) in [6.45, 7) is 8.31. The van der Waals surface area contributed by atoms with E-state index in [0.717, 1.165) is 11.3 Å². The van der Waals surface area contributed by atoms with Crippen LogP contribution < -0.4 is 10.1 Å². The lowest BCUT2D eigenvalue weighted by Crippen LogP contribution is -2.20. The number of benzene rings is 1. The van der Waals surface area contributed by atoms with Crippen LogP contribution in [0.25, 0.3) is 0 Å². The van der Waals surface area contributed by atoms with Gasteiger partial charge in [-0.15, -0.1) is 0 Å². The van der Waals surface area contributed by atoms with Gasteiger partial charge in [0.25, 0.3) is 0 Å². The summed E-state index contributed by atoms with van der Waals surface area (Å²) in [5, 5.41) is 10.9. The molecule has 4 heteroatoms. The van der Waals surface area contributed by atoms with Gasteiger partial charge in [-0.05, 0) is 44.9 Å². The molecule has 0 spiro atoms. The molecular weight excluding hydrogens is 226 g/mol. The second-order valence-corrected chi connectivity index (χ2v) is 4.31. The number of rotatable bonds is 4. The van der Waals surface area contributed by atoms with Crippen molar-refractivity contribution < 1.29 is 4.74 Å². The van der Waals surface area contributed by atoms with E-state index in [1.54, 1.807) is 6.92 Å². The Hall–Kier alpha value is -2.02. The fourth-order valence-corrected chi connectivity index (χ4v) is 1.57. The molecule has 0 aromatic heterocycles. The summed E-state index contributed by atoms with van der Waals surface area (Å²) in [4.78, 5) is 4.29. The Balaban J connectivity index is 2.58. The molecule has 0 saturated heterocycles. The van der Waals surface area contributed by atoms with Gasteiger partial charge in [0.05, 0.1) is 6.04 Å². The van der Waals surface area contributed by atoms with Gasteiger partial charge in [-0.3, -0.25) is 10.3 Å². The van der Waals surface area contributed by atoms with E-state index < -0.39 is 0 Å². The molecule has 0 heterocycles. The highest BCUT2D eigenvalue weighted by molar-refractivity contribution is 5.80. The van der Waals surface area contributed by atoms with Crippen LogP contribution in [0.2, 0.25) is 0 Å². The van der Waals surface area contributed by atoms with Crippen molar-refractivity contribution in [3.05, 3.63) is 29.3 Å². The van der Waals surface area contributed by atoms with Crippen LogP contribution in [0, 0.1) is 25.3 Å². The molecule has 0 aliphatic rings. The van der Waals surface area contributed by atoms with Crippen molar-refractivity contribution in [3.63, 3.8) is 0 Å². The molecule has 4 nitrogen and oxygen atoms in total. The van der Waals surface area contributed by atoms with Crippen molar-refractivity contribution in [2.45, 2.75) is 33.7 Å². The van der Waals surface area contributed by atoms with E-state index in [1.165, 1.54) is 5.56 Å². The topological polar surface area (TPSA) is 57.4 Å². The Morgan fingerprint density at radius 2 is 2.22 bits per heavy atom. The molecule has 0 unspecified atom stereocenters. The smallest absolute Gasteiger partial charge is 0.182 e. The fraction of sp³-hybridized carbons (Fsp3) is 0.429. The Morgan fingerprint density at radius 1 is 1.50 bits per heavy atom. The number of nitriles is 1. The fourth-order valence-electron chi connectivity index (χ4n) is 1.57. The molecule has 1 aromatic rings. The lowest BCUT2D eigenvalue weighted by Gasteiger charge is -2.13. The molecular formula is C14H19N3O. The summed E-state index contributed by atoms with van der Waals surface area (Å²) in [7, 11) is 0. The molecule has 0 aliphatic heterocycles. The minimum atomic E-state index is 0.00534. The average Bonchev–Trinajstić information content (AvgIpc) is 2.31. The number of hydrogen-bond donors (Lipinski definition) is 1. The van der Waals surface area contributed by atoms with Crippen molar-refractivity contribution in [1.82, 2.24) is 5.32 Å². The second kappa shape index (κ2) is 6.65. The monoisotopic (exact) mass is 245 g/mol. The quantitative estimate of drug-likeness (QED) is 0.384. The molecule has 0 fully saturated rings. The molecule has 0 aliphatic carbocycles. The van der Waals surface area contributed by atoms with Crippen molar-refractivity contribution in [1.29, 1.82) is 5.26 Å². The van der Waals surface area contributed by atoms with E-state index in [4.69, 9.17) is 10.00 Å². The van der Waals surface area contributed by atoms with E-state index in [-0.39, 0.29) is 6.04 Å². The Kier molecular flexibility index (Phi) is 5.19. The summed E-state index contributed by atoms with van der Waals surface area (Å²) in [5.41, 5.74) is 2.37. The number of amidine groups is 1. The highest BCUT2D eigenvalue weighted by Crippen LogP contribution is 2.20. The number of nitrogens with one attached hydrogen (secondary N) is 1. The van der Waals surface area contributed by atoms with E-state index in [2.05, 4.69) is 23.3 Å². The zero-order valence-corrected chi connectivity index (χ0v) is 11.3. The van der Waals surface area contributed by atoms with Gasteiger partial charge in [-0.2, -0.15) is 5.26 Å². The average molecular weight is 245 g/mol. The van der Waals surface area contributed by atoms with E-state index in [0.29, 0.717) is 12.4 Å². The summed E-state index contributed by atoms with van der Waals surface area (Å²) < 4.78 is 5.74. The first-order valence-corrected chi connectivity index (χ1v) is 5.93. The van der Waals surface area contributed by atoms with Gasteiger partial charge in [0, 0.05) is 0 Å². The SMILES string of the molecule is CC(=N[C@@H](C)COc1cccc(C)c1C)NC#N. The normalized spacial score (nSPS) is 12.7. The third-order valence-corrected chi connectivity index (χ3v) is 2.69. The predicted molar refractivity (Wildman–Crippen MR) is 72.7 cm³/mol. The van der Waals surface area contributed by atoms with Crippen molar-refractivity contribution in [2.24, 2.45) is 4.99 Å². The summed E-state index contributed by atoms with van der Waals surface area (Å²) in [5.74, 6) is 1.50. The summed E-state index contributed by atoms with van der Waals surface area (Å²) >= 11 is 0. The third-order valence-electron chi connectivity index (χ3n) is 2.69. The van der Waals surface area contributed by atoms with Crippen LogP contribution >= 0.6 is 0 Å². The Bertz CT molecular complexity index is 474.